The molecule has 0 heterocycles. The SMILES string of the molecule is COc1ccc([C@H](N)CC#N)cc1OCc1ccccc1.Cl. The summed E-state index contributed by atoms with van der Waals surface area (Å²) in [6.07, 6.45) is 0.268. The van der Waals surface area contributed by atoms with E-state index in [0.29, 0.717) is 18.1 Å². The minimum Gasteiger partial charge on any atom is -0.493 e. The maximum absolute atomic E-state index is 8.73. The molecule has 116 valence electrons. The number of ether oxygens (including phenoxy) is 2. The first-order valence-electron chi connectivity index (χ1n) is 6.71. The highest BCUT2D eigenvalue weighted by Gasteiger charge is 2.11. The zero-order valence-corrected chi connectivity index (χ0v) is 13.2. The molecule has 4 nitrogen and oxygen atoms in total. The molecule has 0 bridgehead atoms. The Labute approximate surface area is 136 Å². The first-order valence-corrected chi connectivity index (χ1v) is 6.71. The van der Waals surface area contributed by atoms with Crippen molar-refractivity contribution >= 4 is 12.4 Å². The Bertz CT molecular complexity index is 626. The third-order valence-corrected chi connectivity index (χ3v) is 3.16. The summed E-state index contributed by atoms with van der Waals surface area (Å²) in [5.74, 6) is 1.28. The van der Waals surface area contributed by atoms with E-state index in [1.165, 1.54) is 0 Å². The van der Waals surface area contributed by atoms with Crippen LogP contribution in [0.4, 0.5) is 0 Å². The topological polar surface area (TPSA) is 68.3 Å². The van der Waals surface area contributed by atoms with Gasteiger partial charge >= 0.3 is 0 Å². The highest BCUT2D eigenvalue weighted by molar-refractivity contribution is 5.85. The molecule has 0 spiro atoms. The van der Waals surface area contributed by atoms with Gasteiger partial charge in [-0.25, -0.2) is 0 Å². The van der Waals surface area contributed by atoms with E-state index in [0.717, 1.165) is 11.1 Å². The van der Waals surface area contributed by atoms with Crippen molar-refractivity contribution in [2.75, 3.05) is 7.11 Å². The van der Waals surface area contributed by atoms with Crippen LogP contribution >= 0.6 is 12.4 Å². The summed E-state index contributed by atoms with van der Waals surface area (Å²) >= 11 is 0. The standard InChI is InChI=1S/C17H18N2O2.ClH/c1-20-16-8-7-14(15(19)9-10-18)11-17(16)21-12-13-5-3-2-4-6-13;/h2-8,11,15H,9,12,19H2,1H3;1H/t15-;/m1./s1. The molecular formula is C17H19ClN2O2. The third-order valence-electron chi connectivity index (χ3n) is 3.16. The average molecular weight is 319 g/mol. The number of nitrogens with zero attached hydrogens (tertiary/aromatic N) is 1. The van der Waals surface area contributed by atoms with Gasteiger partial charge in [0.15, 0.2) is 11.5 Å². The van der Waals surface area contributed by atoms with Crippen LogP contribution in [0.15, 0.2) is 48.5 Å². The van der Waals surface area contributed by atoms with Gasteiger partial charge in [-0.05, 0) is 23.3 Å². The van der Waals surface area contributed by atoms with E-state index in [-0.39, 0.29) is 24.9 Å². The highest BCUT2D eigenvalue weighted by atomic mass is 35.5. The first-order chi connectivity index (χ1) is 10.2. The van der Waals surface area contributed by atoms with Gasteiger partial charge in [0, 0.05) is 6.04 Å². The van der Waals surface area contributed by atoms with Gasteiger partial charge < -0.3 is 15.2 Å². The molecule has 0 saturated heterocycles. The van der Waals surface area contributed by atoms with Crippen LogP contribution in [0.5, 0.6) is 11.5 Å². The lowest BCUT2D eigenvalue weighted by molar-refractivity contribution is 0.284. The summed E-state index contributed by atoms with van der Waals surface area (Å²) in [4.78, 5) is 0. The van der Waals surface area contributed by atoms with Crippen molar-refractivity contribution in [3.05, 3.63) is 59.7 Å². The fraction of sp³-hybridized carbons (Fsp3) is 0.235. The van der Waals surface area contributed by atoms with E-state index in [9.17, 15) is 0 Å². The monoisotopic (exact) mass is 318 g/mol. The van der Waals surface area contributed by atoms with Crippen LogP contribution in [-0.4, -0.2) is 7.11 Å². The second-order valence-electron chi connectivity index (χ2n) is 4.65. The molecule has 2 aromatic carbocycles. The van der Waals surface area contributed by atoms with Gasteiger partial charge in [0.05, 0.1) is 19.6 Å². The summed E-state index contributed by atoms with van der Waals surface area (Å²) in [5, 5.41) is 8.73. The van der Waals surface area contributed by atoms with Crippen molar-refractivity contribution in [3.8, 4) is 17.6 Å². The van der Waals surface area contributed by atoms with Crippen molar-refractivity contribution < 1.29 is 9.47 Å². The predicted octanol–water partition coefficient (Wildman–Crippen LogP) is 3.61. The normalized spacial score (nSPS) is 11.0. The second kappa shape index (κ2) is 8.93. The molecule has 0 amide bonds. The molecule has 2 N–H and O–H groups in total. The van der Waals surface area contributed by atoms with Gasteiger partial charge in [0.25, 0.3) is 0 Å². The summed E-state index contributed by atoms with van der Waals surface area (Å²) in [6, 6.07) is 17.2. The Balaban J connectivity index is 0.00000242. The van der Waals surface area contributed by atoms with Crippen LogP contribution < -0.4 is 15.2 Å². The lowest BCUT2D eigenvalue weighted by Gasteiger charge is -2.14. The van der Waals surface area contributed by atoms with Crippen LogP contribution in [0.2, 0.25) is 0 Å². The molecule has 0 aliphatic carbocycles. The Morgan fingerprint density at radius 1 is 1.14 bits per heavy atom. The Morgan fingerprint density at radius 2 is 1.86 bits per heavy atom. The molecule has 0 aliphatic rings. The summed E-state index contributed by atoms with van der Waals surface area (Å²) in [5.41, 5.74) is 7.89. The maximum atomic E-state index is 8.73. The van der Waals surface area contributed by atoms with Gasteiger partial charge in [0.2, 0.25) is 0 Å². The molecule has 2 rings (SSSR count). The maximum Gasteiger partial charge on any atom is 0.161 e. The summed E-state index contributed by atoms with van der Waals surface area (Å²) in [6.45, 7) is 0.453. The van der Waals surface area contributed by atoms with Crippen LogP contribution in [0, 0.1) is 11.3 Å². The molecule has 0 aliphatic heterocycles. The van der Waals surface area contributed by atoms with Gasteiger partial charge in [0.1, 0.15) is 6.61 Å². The fourth-order valence-corrected chi connectivity index (χ4v) is 1.99. The molecule has 5 heteroatoms. The van der Waals surface area contributed by atoms with Crippen LogP contribution in [0.25, 0.3) is 0 Å². The van der Waals surface area contributed by atoms with Gasteiger partial charge in [-0.1, -0.05) is 36.4 Å². The van der Waals surface area contributed by atoms with Gasteiger partial charge in [-0.15, -0.1) is 12.4 Å². The molecule has 22 heavy (non-hydrogen) atoms. The number of nitriles is 1. The number of halogens is 1. The number of hydrogen-bond donors (Lipinski definition) is 1. The molecule has 0 saturated carbocycles. The first kappa shape index (κ1) is 17.8. The zero-order chi connectivity index (χ0) is 15.1. The van der Waals surface area contributed by atoms with E-state index < -0.39 is 0 Å². The minimum absolute atomic E-state index is 0. The zero-order valence-electron chi connectivity index (χ0n) is 12.4. The molecule has 0 unspecified atom stereocenters. The van der Waals surface area contributed by atoms with Crippen molar-refractivity contribution in [2.24, 2.45) is 5.73 Å². The Hall–Kier alpha value is -2.22. The Kier molecular flexibility index (Phi) is 7.24. The van der Waals surface area contributed by atoms with Gasteiger partial charge in [-0.3, -0.25) is 0 Å². The molecule has 2 aromatic rings. The number of methoxy groups -OCH3 is 1. The minimum atomic E-state index is -0.319. The molecule has 0 aromatic heterocycles. The predicted molar refractivity (Wildman–Crippen MR) is 88.2 cm³/mol. The highest BCUT2D eigenvalue weighted by Crippen LogP contribution is 2.31. The van der Waals surface area contributed by atoms with Crippen LogP contribution in [0.1, 0.15) is 23.6 Å². The van der Waals surface area contributed by atoms with E-state index in [1.807, 2.05) is 48.5 Å². The van der Waals surface area contributed by atoms with Crippen LogP contribution in [0.3, 0.4) is 0 Å². The summed E-state index contributed by atoms with van der Waals surface area (Å²) in [7, 11) is 1.60. The van der Waals surface area contributed by atoms with Gasteiger partial charge in [-0.2, -0.15) is 5.26 Å². The van der Waals surface area contributed by atoms with Crippen LogP contribution in [-0.2, 0) is 6.61 Å². The molecule has 1 atom stereocenters. The number of rotatable bonds is 6. The number of benzene rings is 2. The van der Waals surface area contributed by atoms with E-state index in [4.69, 9.17) is 20.5 Å². The van der Waals surface area contributed by atoms with Crippen molar-refractivity contribution in [1.29, 1.82) is 5.26 Å². The smallest absolute Gasteiger partial charge is 0.161 e. The van der Waals surface area contributed by atoms with Crippen molar-refractivity contribution in [1.82, 2.24) is 0 Å². The Morgan fingerprint density at radius 3 is 2.50 bits per heavy atom. The van der Waals surface area contributed by atoms with Crippen molar-refractivity contribution in [3.63, 3.8) is 0 Å². The van der Waals surface area contributed by atoms with E-state index in [2.05, 4.69) is 6.07 Å². The number of nitrogens with two attached hydrogens (primary N) is 1. The lowest BCUT2D eigenvalue weighted by Crippen LogP contribution is -2.09. The van der Waals surface area contributed by atoms with Crippen molar-refractivity contribution in [2.45, 2.75) is 19.1 Å². The summed E-state index contributed by atoms with van der Waals surface area (Å²) < 4.78 is 11.1. The number of hydrogen-bond acceptors (Lipinski definition) is 4. The molecular weight excluding hydrogens is 300 g/mol. The second-order valence-corrected chi connectivity index (χ2v) is 4.65. The fourth-order valence-electron chi connectivity index (χ4n) is 1.99. The van der Waals surface area contributed by atoms with E-state index >= 15 is 0 Å². The average Bonchev–Trinajstić information content (AvgIpc) is 2.54. The quantitative estimate of drug-likeness (QED) is 0.883. The van der Waals surface area contributed by atoms with E-state index in [1.54, 1.807) is 7.11 Å². The third kappa shape index (κ3) is 4.66. The molecule has 0 fully saturated rings. The molecule has 0 radical (unpaired) electrons. The largest absolute Gasteiger partial charge is 0.493 e. The lowest BCUT2D eigenvalue weighted by atomic mass is 10.0.